The number of nitro benzene ring substituents is 1. The highest BCUT2D eigenvalue weighted by molar-refractivity contribution is 5.95. The van der Waals surface area contributed by atoms with Crippen LogP contribution in [0.5, 0.6) is 0 Å². The highest BCUT2D eigenvalue weighted by Gasteiger charge is 2.30. The van der Waals surface area contributed by atoms with Crippen molar-refractivity contribution >= 4 is 17.3 Å². The van der Waals surface area contributed by atoms with E-state index < -0.39 is 10.9 Å². The van der Waals surface area contributed by atoms with Crippen molar-refractivity contribution in [2.75, 3.05) is 18.1 Å². The van der Waals surface area contributed by atoms with E-state index in [1.807, 2.05) is 19.4 Å². The van der Waals surface area contributed by atoms with Gasteiger partial charge in [-0.05, 0) is 31.9 Å². The Balaban J connectivity index is 1.97. The van der Waals surface area contributed by atoms with Gasteiger partial charge in [0.05, 0.1) is 23.8 Å². The molecule has 1 unspecified atom stereocenters. The van der Waals surface area contributed by atoms with Crippen LogP contribution in [0, 0.1) is 10.1 Å². The molecule has 1 aliphatic heterocycles. The zero-order valence-corrected chi connectivity index (χ0v) is 14.2. The molecule has 1 atom stereocenters. The molecule has 1 aromatic carbocycles. The second-order valence-corrected chi connectivity index (χ2v) is 5.98. The Kier molecular flexibility index (Phi) is 4.69. The molecule has 1 fully saturated rings. The average Bonchev–Trinajstić information content (AvgIpc) is 3.23. The van der Waals surface area contributed by atoms with Gasteiger partial charge < -0.3 is 9.64 Å². The first kappa shape index (κ1) is 16.9. The number of esters is 1. The molecule has 1 aliphatic rings. The standard InChI is InChI=1S/C17H20N4O4/c1-3-25-17(22)14-9-13(6-7-16(14)21(23)24)20-8-4-5-15(20)12-10-18-19(2)11-12/h6-7,9-11,15H,3-5,8H2,1-2H3. The van der Waals surface area contributed by atoms with E-state index in [2.05, 4.69) is 10.00 Å². The summed E-state index contributed by atoms with van der Waals surface area (Å²) in [5.41, 5.74) is 1.62. The fourth-order valence-corrected chi connectivity index (χ4v) is 3.27. The molecule has 0 amide bonds. The monoisotopic (exact) mass is 344 g/mol. The summed E-state index contributed by atoms with van der Waals surface area (Å²) in [5.74, 6) is -0.673. The van der Waals surface area contributed by atoms with Gasteiger partial charge in [-0.1, -0.05) is 0 Å². The molecular formula is C17H20N4O4. The number of hydrogen-bond donors (Lipinski definition) is 0. The zero-order chi connectivity index (χ0) is 18.0. The minimum atomic E-state index is -0.673. The van der Waals surface area contributed by atoms with Crippen LogP contribution in [0.15, 0.2) is 30.6 Å². The SMILES string of the molecule is CCOC(=O)c1cc(N2CCCC2c2cnn(C)c2)ccc1[N+](=O)[O-]. The lowest BCUT2D eigenvalue weighted by molar-refractivity contribution is -0.385. The lowest BCUT2D eigenvalue weighted by atomic mass is 10.1. The molecule has 1 saturated heterocycles. The van der Waals surface area contributed by atoms with E-state index in [9.17, 15) is 14.9 Å². The minimum absolute atomic E-state index is 0.0128. The molecule has 8 heteroatoms. The third-order valence-electron chi connectivity index (χ3n) is 4.37. The summed E-state index contributed by atoms with van der Waals surface area (Å²) < 4.78 is 6.73. The molecule has 2 heterocycles. The quantitative estimate of drug-likeness (QED) is 0.470. The second-order valence-electron chi connectivity index (χ2n) is 5.98. The van der Waals surface area contributed by atoms with Gasteiger partial charge in [0.25, 0.3) is 5.69 Å². The van der Waals surface area contributed by atoms with Crippen LogP contribution in [-0.2, 0) is 11.8 Å². The number of aryl methyl sites for hydroxylation is 1. The number of hydrogen-bond acceptors (Lipinski definition) is 6. The first-order chi connectivity index (χ1) is 12.0. The summed E-state index contributed by atoms with van der Waals surface area (Å²) in [5, 5.41) is 15.4. The van der Waals surface area contributed by atoms with Crippen LogP contribution in [0.2, 0.25) is 0 Å². The fourth-order valence-electron chi connectivity index (χ4n) is 3.27. The van der Waals surface area contributed by atoms with Crippen molar-refractivity contribution in [1.29, 1.82) is 0 Å². The number of benzene rings is 1. The van der Waals surface area contributed by atoms with Gasteiger partial charge in [0.1, 0.15) is 5.56 Å². The molecule has 1 aromatic heterocycles. The molecule has 0 radical (unpaired) electrons. The first-order valence-electron chi connectivity index (χ1n) is 8.22. The molecule has 132 valence electrons. The van der Waals surface area contributed by atoms with E-state index in [1.54, 1.807) is 23.7 Å². The number of ether oxygens (including phenoxy) is 1. The summed E-state index contributed by atoms with van der Waals surface area (Å²) >= 11 is 0. The maximum Gasteiger partial charge on any atom is 0.345 e. The largest absolute Gasteiger partial charge is 0.462 e. The predicted molar refractivity (Wildman–Crippen MR) is 91.6 cm³/mol. The highest BCUT2D eigenvalue weighted by Crippen LogP contribution is 2.37. The second kappa shape index (κ2) is 6.92. The van der Waals surface area contributed by atoms with Crippen LogP contribution in [0.4, 0.5) is 11.4 Å². The number of nitrogens with zero attached hydrogens (tertiary/aromatic N) is 4. The number of rotatable bonds is 5. The van der Waals surface area contributed by atoms with Gasteiger partial charge in [0.2, 0.25) is 0 Å². The van der Waals surface area contributed by atoms with Crippen molar-refractivity contribution in [3.63, 3.8) is 0 Å². The van der Waals surface area contributed by atoms with Crippen molar-refractivity contribution in [1.82, 2.24) is 9.78 Å². The van der Waals surface area contributed by atoms with Crippen molar-refractivity contribution in [2.45, 2.75) is 25.8 Å². The molecule has 3 rings (SSSR count). The summed E-state index contributed by atoms with van der Waals surface area (Å²) in [6, 6.07) is 4.77. The highest BCUT2D eigenvalue weighted by atomic mass is 16.6. The molecule has 2 aromatic rings. The van der Waals surface area contributed by atoms with E-state index in [0.717, 1.165) is 30.6 Å². The van der Waals surface area contributed by atoms with Crippen LogP contribution in [0.25, 0.3) is 0 Å². The topological polar surface area (TPSA) is 90.5 Å². The molecule has 0 aliphatic carbocycles. The Labute approximate surface area is 145 Å². The minimum Gasteiger partial charge on any atom is -0.462 e. The van der Waals surface area contributed by atoms with E-state index in [-0.39, 0.29) is 23.9 Å². The Morgan fingerprint density at radius 2 is 2.28 bits per heavy atom. The van der Waals surface area contributed by atoms with Crippen molar-refractivity contribution in [3.05, 3.63) is 51.8 Å². The van der Waals surface area contributed by atoms with E-state index >= 15 is 0 Å². The molecule has 0 N–H and O–H groups in total. The average molecular weight is 344 g/mol. The lowest BCUT2D eigenvalue weighted by Crippen LogP contribution is -2.23. The molecule has 0 bridgehead atoms. The fraction of sp³-hybridized carbons (Fsp3) is 0.412. The molecule has 0 saturated carbocycles. The van der Waals surface area contributed by atoms with Gasteiger partial charge in [-0.2, -0.15) is 5.10 Å². The van der Waals surface area contributed by atoms with Gasteiger partial charge in [-0.3, -0.25) is 14.8 Å². The normalized spacial score (nSPS) is 16.9. The lowest BCUT2D eigenvalue weighted by Gasteiger charge is -2.26. The van der Waals surface area contributed by atoms with Gasteiger partial charge in [-0.25, -0.2) is 4.79 Å². The molecule has 0 spiro atoms. The van der Waals surface area contributed by atoms with Gasteiger partial charge in [-0.15, -0.1) is 0 Å². The van der Waals surface area contributed by atoms with E-state index in [4.69, 9.17) is 4.74 Å². The summed E-state index contributed by atoms with van der Waals surface area (Å²) in [4.78, 5) is 25.0. The maximum atomic E-state index is 12.1. The van der Waals surface area contributed by atoms with Gasteiger partial charge >= 0.3 is 5.97 Å². The van der Waals surface area contributed by atoms with Gasteiger partial charge in [0, 0.05) is 37.1 Å². The smallest absolute Gasteiger partial charge is 0.345 e. The van der Waals surface area contributed by atoms with Crippen LogP contribution in [0.3, 0.4) is 0 Å². The number of carbonyl (C=O) groups is 1. The Morgan fingerprint density at radius 3 is 2.92 bits per heavy atom. The van der Waals surface area contributed by atoms with E-state index in [0.29, 0.717) is 0 Å². The number of nitro groups is 1. The molecular weight excluding hydrogens is 324 g/mol. The van der Waals surface area contributed by atoms with Crippen molar-refractivity contribution in [3.8, 4) is 0 Å². The maximum absolute atomic E-state index is 12.1. The first-order valence-corrected chi connectivity index (χ1v) is 8.22. The van der Waals surface area contributed by atoms with Crippen LogP contribution >= 0.6 is 0 Å². The summed E-state index contributed by atoms with van der Waals surface area (Å²) in [6.45, 7) is 2.66. The zero-order valence-electron chi connectivity index (χ0n) is 14.2. The number of anilines is 1. The summed E-state index contributed by atoms with van der Waals surface area (Å²) in [6.07, 6.45) is 5.78. The Morgan fingerprint density at radius 1 is 1.48 bits per heavy atom. The summed E-state index contributed by atoms with van der Waals surface area (Å²) in [7, 11) is 1.87. The molecule has 8 nitrogen and oxygen atoms in total. The number of aromatic nitrogens is 2. The van der Waals surface area contributed by atoms with E-state index in [1.165, 1.54) is 6.07 Å². The van der Waals surface area contributed by atoms with Crippen LogP contribution < -0.4 is 4.90 Å². The predicted octanol–water partition coefficient (Wildman–Crippen LogP) is 2.85. The van der Waals surface area contributed by atoms with Crippen molar-refractivity contribution in [2.24, 2.45) is 7.05 Å². The van der Waals surface area contributed by atoms with Crippen LogP contribution in [-0.4, -0.2) is 33.8 Å². The van der Waals surface area contributed by atoms with Crippen molar-refractivity contribution < 1.29 is 14.5 Å². The van der Waals surface area contributed by atoms with Crippen LogP contribution in [0.1, 0.15) is 41.7 Å². The number of carbonyl (C=O) groups excluding carboxylic acids is 1. The third kappa shape index (κ3) is 3.33. The Bertz CT molecular complexity index is 802. The Hall–Kier alpha value is -2.90. The molecule has 25 heavy (non-hydrogen) atoms. The third-order valence-corrected chi connectivity index (χ3v) is 4.37. The van der Waals surface area contributed by atoms with Gasteiger partial charge in [0.15, 0.2) is 0 Å².